The van der Waals surface area contributed by atoms with Crippen LogP contribution >= 0.6 is 0 Å². The summed E-state index contributed by atoms with van der Waals surface area (Å²) in [4.78, 5) is 48.7. The van der Waals surface area contributed by atoms with Crippen molar-refractivity contribution in [3.05, 3.63) is 114 Å². The Bertz CT molecular complexity index is 1290. The van der Waals surface area contributed by atoms with Crippen LogP contribution in [0, 0.1) is 0 Å². The number of anilines is 1. The third-order valence-electron chi connectivity index (χ3n) is 5.18. The zero-order valence-electron chi connectivity index (χ0n) is 18.8. The number of amides is 2. The highest BCUT2D eigenvalue weighted by Gasteiger charge is 2.36. The first-order valence-electron chi connectivity index (χ1n) is 10.7. The highest BCUT2D eigenvalue weighted by Crippen LogP contribution is 2.30. The Hall–Kier alpha value is -4.79. The number of rotatable bonds is 8. The molecule has 9 heteroatoms. The Morgan fingerprint density at radius 2 is 1.86 bits per heavy atom. The standard InChI is InChI=1S/C26H22N4O5/c1-34-26(33)19-9-5-10-20(15-19)30(25(32)21-17-27-12-13-28-21)23(22-11-6-14-35-22)24(31)29-16-18-7-3-2-4-8-18/h2-15,17,23H,16H2,1H3,(H,29,31)/t23-/m0/s1. The van der Waals surface area contributed by atoms with Crippen LogP contribution in [-0.4, -0.2) is 34.9 Å². The van der Waals surface area contributed by atoms with Gasteiger partial charge < -0.3 is 14.5 Å². The molecule has 2 aromatic heterocycles. The summed E-state index contributed by atoms with van der Waals surface area (Å²) in [5.41, 5.74) is 1.39. The Balaban J connectivity index is 1.78. The number of aromatic nitrogens is 2. The number of hydrogen-bond acceptors (Lipinski definition) is 7. The smallest absolute Gasteiger partial charge is 0.337 e. The van der Waals surface area contributed by atoms with Crippen LogP contribution in [0.25, 0.3) is 0 Å². The predicted octanol–water partition coefficient (Wildman–Crippen LogP) is 3.56. The molecular weight excluding hydrogens is 448 g/mol. The highest BCUT2D eigenvalue weighted by molar-refractivity contribution is 6.09. The minimum absolute atomic E-state index is 0.0170. The molecule has 35 heavy (non-hydrogen) atoms. The summed E-state index contributed by atoms with van der Waals surface area (Å²) >= 11 is 0. The Kier molecular flexibility index (Phi) is 7.27. The van der Waals surface area contributed by atoms with Gasteiger partial charge in [0.05, 0.1) is 25.1 Å². The van der Waals surface area contributed by atoms with E-state index in [1.54, 1.807) is 30.3 Å². The number of esters is 1. The maximum atomic E-state index is 13.7. The zero-order valence-corrected chi connectivity index (χ0v) is 18.8. The molecule has 2 heterocycles. The third kappa shape index (κ3) is 5.41. The second-order valence-corrected chi connectivity index (χ2v) is 7.43. The van der Waals surface area contributed by atoms with Crippen LogP contribution in [0.4, 0.5) is 5.69 Å². The van der Waals surface area contributed by atoms with Crippen molar-refractivity contribution in [2.24, 2.45) is 0 Å². The van der Waals surface area contributed by atoms with E-state index in [1.165, 1.54) is 42.9 Å². The van der Waals surface area contributed by atoms with Gasteiger partial charge in [-0.05, 0) is 35.9 Å². The monoisotopic (exact) mass is 470 g/mol. The van der Waals surface area contributed by atoms with Crippen molar-refractivity contribution in [1.82, 2.24) is 15.3 Å². The number of carbonyl (C=O) groups excluding carboxylic acids is 3. The second kappa shape index (κ2) is 10.9. The molecule has 1 atom stereocenters. The van der Waals surface area contributed by atoms with Gasteiger partial charge in [0.25, 0.3) is 11.8 Å². The van der Waals surface area contributed by atoms with Crippen molar-refractivity contribution in [2.75, 3.05) is 12.0 Å². The molecule has 0 saturated carbocycles. The van der Waals surface area contributed by atoms with Crippen LogP contribution in [0.3, 0.4) is 0 Å². The van der Waals surface area contributed by atoms with Crippen molar-refractivity contribution in [2.45, 2.75) is 12.6 Å². The van der Waals surface area contributed by atoms with Gasteiger partial charge in [-0.15, -0.1) is 0 Å². The molecule has 176 valence electrons. The molecular formula is C26H22N4O5. The summed E-state index contributed by atoms with van der Waals surface area (Å²) in [5.74, 6) is -1.43. The third-order valence-corrected chi connectivity index (χ3v) is 5.18. The molecule has 0 spiro atoms. The average molecular weight is 470 g/mol. The molecule has 0 saturated heterocycles. The quantitative estimate of drug-likeness (QED) is 0.392. The van der Waals surface area contributed by atoms with E-state index in [0.29, 0.717) is 0 Å². The van der Waals surface area contributed by atoms with Gasteiger partial charge >= 0.3 is 5.97 Å². The lowest BCUT2D eigenvalue weighted by atomic mass is 10.1. The number of ether oxygens (including phenoxy) is 1. The van der Waals surface area contributed by atoms with E-state index in [9.17, 15) is 14.4 Å². The normalized spacial score (nSPS) is 11.3. The van der Waals surface area contributed by atoms with E-state index < -0.39 is 23.8 Å². The van der Waals surface area contributed by atoms with Gasteiger partial charge in [0.15, 0.2) is 6.04 Å². The molecule has 0 unspecified atom stereocenters. The molecule has 0 aliphatic carbocycles. The SMILES string of the molecule is COC(=O)c1cccc(N(C(=O)c2cnccn2)[C@H](C(=O)NCc2ccccc2)c2ccco2)c1. The fourth-order valence-electron chi connectivity index (χ4n) is 3.52. The van der Waals surface area contributed by atoms with E-state index in [4.69, 9.17) is 9.15 Å². The second-order valence-electron chi connectivity index (χ2n) is 7.43. The largest absolute Gasteiger partial charge is 0.467 e. The van der Waals surface area contributed by atoms with Crippen LogP contribution in [0.5, 0.6) is 0 Å². The molecule has 0 radical (unpaired) electrons. The topological polar surface area (TPSA) is 115 Å². The van der Waals surface area contributed by atoms with Gasteiger partial charge in [-0.2, -0.15) is 0 Å². The molecule has 0 fully saturated rings. The lowest BCUT2D eigenvalue weighted by molar-refractivity contribution is -0.123. The summed E-state index contributed by atoms with van der Waals surface area (Å²) in [6.45, 7) is 0.242. The molecule has 4 aromatic rings. The number of hydrogen-bond donors (Lipinski definition) is 1. The molecule has 2 amide bonds. The number of nitrogens with one attached hydrogen (secondary N) is 1. The van der Waals surface area contributed by atoms with Gasteiger partial charge in [0, 0.05) is 24.6 Å². The highest BCUT2D eigenvalue weighted by atomic mass is 16.5. The maximum Gasteiger partial charge on any atom is 0.337 e. The summed E-state index contributed by atoms with van der Waals surface area (Å²) in [6, 6.07) is 17.6. The van der Waals surface area contributed by atoms with Crippen molar-refractivity contribution in [3.8, 4) is 0 Å². The lowest BCUT2D eigenvalue weighted by Gasteiger charge is -2.29. The lowest BCUT2D eigenvalue weighted by Crippen LogP contribution is -2.44. The fourth-order valence-corrected chi connectivity index (χ4v) is 3.52. The van der Waals surface area contributed by atoms with E-state index in [0.717, 1.165) is 5.56 Å². The van der Waals surface area contributed by atoms with E-state index in [1.807, 2.05) is 30.3 Å². The van der Waals surface area contributed by atoms with Gasteiger partial charge in [0.1, 0.15) is 11.5 Å². The van der Waals surface area contributed by atoms with Crippen LogP contribution in [0.1, 0.15) is 38.2 Å². The predicted molar refractivity (Wildman–Crippen MR) is 126 cm³/mol. The van der Waals surface area contributed by atoms with Gasteiger partial charge in [-0.25, -0.2) is 9.78 Å². The maximum absolute atomic E-state index is 13.7. The summed E-state index contributed by atoms with van der Waals surface area (Å²) in [5, 5.41) is 2.87. The minimum Gasteiger partial charge on any atom is -0.467 e. The van der Waals surface area contributed by atoms with Gasteiger partial charge in [0.2, 0.25) is 0 Å². The van der Waals surface area contributed by atoms with Gasteiger partial charge in [-0.3, -0.25) is 19.5 Å². The van der Waals surface area contributed by atoms with Crippen LogP contribution in [-0.2, 0) is 16.1 Å². The molecule has 9 nitrogen and oxygen atoms in total. The summed E-state index contributed by atoms with van der Waals surface area (Å²) in [7, 11) is 1.26. The molecule has 0 bridgehead atoms. The Morgan fingerprint density at radius 3 is 2.54 bits per heavy atom. The number of nitrogens with zero attached hydrogens (tertiary/aromatic N) is 3. The Labute approximate surface area is 201 Å². The zero-order chi connectivity index (χ0) is 24.6. The fraction of sp³-hybridized carbons (Fsp3) is 0.115. The van der Waals surface area contributed by atoms with Crippen molar-refractivity contribution >= 4 is 23.5 Å². The van der Waals surface area contributed by atoms with Crippen LogP contribution in [0.2, 0.25) is 0 Å². The Morgan fingerprint density at radius 1 is 1.03 bits per heavy atom. The minimum atomic E-state index is -1.20. The van der Waals surface area contributed by atoms with Crippen LogP contribution < -0.4 is 10.2 Å². The first kappa shape index (κ1) is 23.4. The molecule has 0 aliphatic heterocycles. The molecule has 4 rings (SSSR count). The van der Waals surface area contributed by atoms with E-state index >= 15 is 0 Å². The van der Waals surface area contributed by atoms with Gasteiger partial charge in [-0.1, -0.05) is 36.4 Å². The van der Waals surface area contributed by atoms with E-state index in [-0.39, 0.29) is 29.2 Å². The molecule has 2 aromatic carbocycles. The number of carbonyl (C=O) groups is 3. The molecule has 0 aliphatic rings. The van der Waals surface area contributed by atoms with Crippen molar-refractivity contribution < 1.29 is 23.5 Å². The van der Waals surface area contributed by atoms with Crippen molar-refractivity contribution in [1.29, 1.82) is 0 Å². The number of furan rings is 1. The summed E-state index contributed by atoms with van der Waals surface area (Å²) < 4.78 is 10.4. The molecule has 1 N–H and O–H groups in total. The van der Waals surface area contributed by atoms with Crippen molar-refractivity contribution in [3.63, 3.8) is 0 Å². The first-order valence-corrected chi connectivity index (χ1v) is 10.7. The van der Waals surface area contributed by atoms with Crippen LogP contribution in [0.15, 0.2) is 96.0 Å². The first-order chi connectivity index (χ1) is 17.1. The summed E-state index contributed by atoms with van der Waals surface area (Å²) in [6.07, 6.45) is 5.55. The van der Waals surface area contributed by atoms with E-state index in [2.05, 4.69) is 15.3 Å². The average Bonchev–Trinajstić information content (AvgIpc) is 3.45. The number of methoxy groups -OCH3 is 1. The number of benzene rings is 2.